The van der Waals surface area contributed by atoms with Crippen molar-refractivity contribution in [3.8, 4) is 0 Å². The molecular formula is C48H76B2N4Na2O9Pt2. The summed E-state index contributed by atoms with van der Waals surface area (Å²) in [5, 5.41) is 47.4. The Kier molecular flexibility index (Phi) is 46.2. The number of hydrogen-bond donors (Lipinski definition) is 2. The van der Waals surface area contributed by atoms with Crippen LogP contribution in [0.4, 0.5) is 0 Å². The summed E-state index contributed by atoms with van der Waals surface area (Å²) in [4.78, 5) is 19.0. The molecule has 67 heavy (non-hydrogen) atoms. The number of aliphatic hydroxyl groups is 2. The number of fused-ring (bicyclic) bond motifs is 2. The van der Waals surface area contributed by atoms with Crippen LogP contribution in [-0.2, 0) is 56.2 Å². The zero-order valence-corrected chi connectivity index (χ0v) is 50.6. The molecule has 1 saturated heterocycles. The molecule has 370 valence electrons. The second kappa shape index (κ2) is 42.3. The molecule has 4 aromatic rings. The fourth-order valence-electron chi connectivity index (χ4n) is 12.1. The van der Waals surface area contributed by atoms with Crippen molar-refractivity contribution in [2.45, 2.75) is 101 Å². The van der Waals surface area contributed by atoms with E-state index in [1.807, 2.05) is 63.3 Å². The zero-order chi connectivity index (χ0) is 47.0. The van der Waals surface area contributed by atoms with Crippen molar-refractivity contribution in [3.05, 3.63) is 97.6 Å². The summed E-state index contributed by atoms with van der Waals surface area (Å²) in [5.74, 6) is 1.48. The monoisotopic (exact) mass is 1310 g/mol. The molecule has 4 saturated carbocycles. The molecule has 0 bridgehead atoms. The van der Waals surface area contributed by atoms with Crippen LogP contribution in [0.15, 0.2) is 97.6 Å². The first-order valence-corrected chi connectivity index (χ1v) is 22.3. The molecule has 0 atom stereocenters. The number of pyridine rings is 4. The fraction of sp³-hybridized carbons (Fsp3) is 0.583. The van der Waals surface area contributed by atoms with Gasteiger partial charge in [-0.1, -0.05) is 160 Å². The first-order valence-electron chi connectivity index (χ1n) is 22.3. The minimum absolute atomic E-state index is 0. The van der Waals surface area contributed by atoms with Crippen LogP contribution < -0.4 is 102 Å². The van der Waals surface area contributed by atoms with Gasteiger partial charge in [-0.2, -0.15) is 28.4 Å². The van der Waals surface area contributed by atoms with Gasteiger partial charge in [-0.25, -0.2) is 0 Å². The minimum Gasteiger partial charge on any atom is -0.857 e. The number of hydrogen-bond acceptors (Lipinski definition) is 13. The predicted octanol–water partition coefficient (Wildman–Crippen LogP) is -4.26. The van der Waals surface area contributed by atoms with Gasteiger partial charge >= 0.3 is 101 Å². The van der Waals surface area contributed by atoms with E-state index < -0.39 is 12.7 Å². The molecule has 1 aliphatic heterocycles. The van der Waals surface area contributed by atoms with E-state index in [2.05, 4.69) is 48.5 Å². The van der Waals surface area contributed by atoms with E-state index in [9.17, 15) is 0 Å². The summed E-state index contributed by atoms with van der Waals surface area (Å²) in [7, 11) is 8.73. The molecule has 0 aromatic carbocycles. The van der Waals surface area contributed by atoms with Gasteiger partial charge in [0, 0.05) is 52.2 Å². The third-order valence-electron chi connectivity index (χ3n) is 14.0. The van der Waals surface area contributed by atoms with Crippen LogP contribution >= 0.6 is 0 Å². The van der Waals surface area contributed by atoms with Gasteiger partial charge < -0.3 is 64.6 Å². The third kappa shape index (κ3) is 17.2. The molecule has 5 aliphatic rings. The van der Waals surface area contributed by atoms with Crippen LogP contribution in [0.1, 0.15) is 89.9 Å². The standard InChI is InChI=1S/2C19H24BN2O.C4H8O.2CH4O.4CH3O.2Na.2Pt/c2*1-23-20(17-10-2-4-14-21-17,18-11-3-5-15-22-18)19-12-6-8-16(19)9-7-13-19;1-2-4-5-3-1;6*1-2;;;;/h2*2-5,10-11,14-16H,6-9,12-13H2,1H3;1-4H2;2*2H,1H3;4*1H3;;;;/q2*-1;;;;4*-1;2*+1;2*+2. The summed E-state index contributed by atoms with van der Waals surface area (Å²) >= 11 is 0. The molecule has 2 N–H and O–H groups in total. The van der Waals surface area contributed by atoms with Crippen LogP contribution in [0, 0.1) is 11.8 Å². The Morgan fingerprint density at radius 2 is 0.701 bits per heavy atom. The summed E-state index contributed by atoms with van der Waals surface area (Å²) in [6.45, 7) is 2.00. The summed E-state index contributed by atoms with van der Waals surface area (Å²) in [6, 6.07) is 24.8. The molecule has 0 amide bonds. The Bertz CT molecular complexity index is 1470. The number of rotatable bonds is 8. The smallest absolute Gasteiger partial charge is 0.857 e. The van der Waals surface area contributed by atoms with Crippen LogP contribution in [0.3, 0.4) is 0 Å². The second-order valence-corrected chi connectivity index (χ2v) is 15.8. The quantitative estimate of drug-likeness (QED) is 0.161. The first-order chi connectivity index (χ1) is 31.2. The van der Waals surface area contributed by atoms with Crippen LogP contribution in [0.2, 0.25) is 10.6 Å². The van der Waals surface area contributed by atoms with Crippen LogP contribution in [-0.4, -0.2) is 113 Å². The molecule has 13 nitrogen and oxygen atoms in total. The van der Waals surface area contributed by atoms with Gasteiger partial charge in [-0.15, -0.1) is 10.6 Å². The normalized spacial score (nSPS) is 20.9. The Balaban J connectivity index is -0.000000427. The van der Waals surface area contributed by atoms with Gasteiger partial charge in [-0.3, -0.25) is 0 Å². The Labute approximate surface area is 476 Å². The van der Waals surface area contributed by atoms with Gasteiger partial charge in [-0.05, 0) is 51.3 Å². The Hall–Kier alpha value is -0.254. The average molecular weight is 1310 g/mol. The number of aromatic nitrogens is 4. The largest absolute Gasteiger partial charge is 2.00 e. The second-order valence-electron chi connectivity index (χ2n) is 15.8. The van der Waals surface area contributed by atoms with E-state index >= 15 is 0 Å². The van der Waals surface area contributed by atoms with Gasteiger partial charge in [0.15, 0.2) is 0 Å². The zero-order valence-electron chi connectivity index (χ0n) is 42.0. The van der Waals surface area contributed by atoms with Crippen molar-refractivity contribution >= 4 is 35.1 Å². The maximum Gasteiger partial charge on any atom is 2.00 e. The number of aliphatic hydroxyl groups excluding tert-OH is 2. The third-order valence-corrected chi connectivity index (χ3v) is 14.0. The van der Waals surface area contributed by atoms with E-state index in [4.69, 9.17) is 64.6 Å². The van der Waals surface area contributed by atoms with Crippen molar-refractivity contribution in [2.75, 3.05) is 70.1 Å². The predicted molar refractivity (Wildman–Crippen MR) is 249 cm³/mol. The molecule has 0 radical (unpaired) electrons. The van der Waals surface area contributed by atoms with E-state index in [0.717, 1.165) is 90.1 Å². The number of nitrogens with zero attached hydrogens (tertiary/aromatic N) is 4. The molecule has 4 aliphatic carbocycles. The molecule has 9 rings (SSSR count). The molecule has 19 heteroatoms. The Morgan fingerprint density at radius 3 is 0.866 bits per heavy atom. The van der Waals surface area contributed by atoms with Crippen molar-refractivity contribution in [1.29, 1.82) is 0 Å². The first kappa shape index (κ1) is 73.3. The van der Waals surface area contributed by atoms with Crippen molar-refractivity contribution in [1.82, 2.24) is 19.9 Å². The van der Waals surface area contributed by atoms with Gasteiger partial charge in [0.25, 0.3) is 0 Å². The maximum atomic E-state index is 8.25. The van der Waals surface area contributed by atoms with E-state index in [0.29, 0.717) is 0 Å². The summed E-state index contributed by atoms with van der Waals surface area (Å²) in [6.07, 6.45) is 22.8. The number of ether oxygens (including phenoxy) is 1. The maximum absolute atomic E-state index is 8.25. The molecule has 5 heterocycles. The van der Waals surface area contributed by atoms with Crippen molar-refractivity contribution in [3.63, 3.8) is 0 Å². The van der Waals surface area contributed by atoms with E-state index in [-0.39, 0.29) is 112 Å². The topological polar surface area (TPSA) is 212 Å². The van der Waals surface area contributed by atoms with Crippen molar-refractivity contribution in [2.24, 2.45) is 11.8 Å². The van der Waals surface area contributed by atoms with Gasteiger partial charge in [0.2, 0.25) is 12.7 Å². The van der Waals surface area contributed by atoms with Crippen molar-refractivity contribution < 1.29 is 146 Å². The van der Waals surface area contributed by atoms with Gasteiger partial charge in [0.1, 0.15) is 0 Å². The summed E-state index contributed by atoms with van der Waals surface area (Å²) in [5.41, 5.74) is 4.29. The van der Waals surface area contributed by atoms with Gasteiger partial charge in [0.05, 0.1) is 0 Å². The molecular weight excluding hydrogens is 1230 g/mol. The van der Waals surface area contributed by atoms with E-state index in [1.54, 1.807) is 0 Å². The molecule has 0 spiro atoms. The molecule has 0 unspecified atom stereocenters. The fourth-order valence-corrected chi connectivity index (χ4v) is 12.1. The molecule has 4 aromatic heterocycles. The SMILES string of the molecule is C1CCOC1.CO.CO.CO[B-](c1ccccn1)(c1ccccn1)C12CCCC1CCC2.CO[B-](c1ccccn1)(c1ccccn1)C12CCCC1CCC2.C[O-].C[O-].C[O-].C[O-].[Na+].[Na+].[Pt+2].[Pt+2]. The van der Waals surface area contributed by atoms with Crippen LogP contribution in [0.25, 0.3) is 0 Å². The Morgan fingerprint density at radius 1 is 0.463 bits per heavy atom. The van der Waals surface area contributed by atoms with Crippen LogP contribution in [0.5, 0.6) is 0 Å². The minimum atomic E-state index is -1.40. The summed E-state index contributed by atoms with van der Waals surface area (Å²) < 4.78 is 17.8. The molecule has 5 fully saturated rings. The average Bonchev–Trinajstić information content (AvgIpc) is 4.26. The van der Waals surface area contributed by atoms with E-state index in [1.165, 1.54) is 89.9 Å².